The molecular formula is C30H63O13P. The molecule has 3 unspecified atom stereocenters. The zero-order valence-corrected chi connectivity index (χ0v) is 29.2. The van der Waals surface area contributed by atoms with Crippen molar-refractivity contribution in [2.75, 3.05) is 99.1 Å². The molecule has 3 atom stereocenters. The second kappa shape index (κ2) is 32.7. The highest BCUT2D eigenvalue weighted by Gasteiger charge is 2.27. The first kappa shape index (κ1) is 43.8. The standard InChI is InChI=1S/C30H63O13P/c1-7-13-16-38-28(35-10-4)25-32-19-22-41-44(31,42-23-20-33-26-29(36-11-5)39-17-14-8-2)43-24-21-34-27-30(37-12-6)40-18-15-9-3/h28-30H,7-27H2,1-6H3. The van der Waals surface area contributed by atoms with Crippen LogP contribution in [0.15, 0.2) is 0 Å². The molecule has 44 heavy (non-hydrogen) atoms. The van der Waals surface area contributed by atoms with Crippen LogP contribution in [-0.2, 0) is 60.8 Å². The van der Waals surface area contributed by atoms with Gasteiger partial charge in [0.25, 0.3) is 0 Å². The minimum absolute atomic E-state index is 0.0256. The van der Waals surface area contributed by atoms with E-state index in [1.54, 1.807) is 0 Å². The average molecular weight is 663 g/mol. The first-order valence-corrected chi connectivity index (χ1v) is 17.9. The first-order chi connectivity index (χ1) is 21.5. The molecule has 0 fully saturated rings. The van der Waals surface area contributed by atoms with Crippen molar-refractivity contribution in [2.24, 2.45) is 0 Å². The first-order valence-electron chi connectivity index (χ1n) is 16.4. The van der Waals surface area contributed by atoms with Gasteiger partial charge in [0.2, 0.25) is 0 Å². The molecule has 0 bridgehead atoms. The highest BCUT2D eigenvalue weighted by atomic mass is 31.2. The van der Waals surface area contributed by atoms with Gasteiger partial charge in [-0.05, 0) is 40.0 Å². The molecule has 0 aliphatic rings. The SMILES string of the molecule is CCCCOC(COCCOP(=O)(OCCOCC(OCC)OCCCC)OCCOCC(OCC)OCCCC)OCC. The number of unbranched alkanes of at least 4 members (excludes halogenated alkanes) is 3. The molecule has 0 aromatic heterocycles. The van der Waals surface area contributed by atoms with Gasteiger partial charge in [0, 0.05) is 39.6 Å². The maximum atomic E-state index is 13.4. The van der Waals surface area contributed by atoms with E-state index >= 15 is 0 Å². The minimum Gasteiger partial charge on any atom is -0.374 e. The molecule has 0 saturated carbocycles. The maximum absolute atomic E-state index is 13.4. The van der Waals surface area contributed by atoms with Crippen LogP contribution in [0.25, 0.3) is 0 Å². The predicted molar refractivity (Wildman–Crippen MR) is 167 cm³/mol. The van der Waals surface area contributed by atoms with Crippen LogP contribution < -0.4 is 0 Å². The fraction of sp³-hybridized carbons (Fsp3) is 1.00. The summed E-state index contributed by atoms with van der Waals surface area (Å²) in [6.07, 6.45) is 4.47. The number of phosphoric ester groups is 1. The van der Waals surface area contributed by atoms with Gasteiger partial charge in [-0.2, -0.15) is 0 Å². The molecule has 0 saturated heterocycles. The number of hydrogen-bond donors (Lipinski definition) is 0. The van der Waals surface area contributed by atoms with Gasteiger partial charge in [0.05, 0.1) is 59.5 Å². The summed E-state index contributed by atoms with van der Waals surface area (Å²) in [5.74, 6) is 0. The topological polar surface area (TPSA) is 128 Å². The van der Waals surface area contributed by atoms with Crippen LogP contribution in [0.3, 0.4) is 0 Å². The third-order valence-corrected chi connectivity index (χ3v) is 7.15. The Bertz CT molecular complexity index is 551. The summed E-state index contributed by atoms with van der Waals surface area (Å²) in [5, 5.41) is 0. The van der Waals surface area contributed by atoms with Crippen LogP contribution in [0.1, 0.15) is 80.1 Å². The Hall–Kier alpha value is -0.250. The van der Waals surface area contributed by atoms with Gasteiger partial charge in [-0.3, -0.25) is 13.6 Å². The van der Waals surface area contributed by atoms with E-state index in [0.29, 0.717) is 39.6 Å². The van der Waals surface area contributed by atoms with Crippen molar-refractivity contribution in [3.8, 4) is 0 Å². The average Bonchev–Trinajstić information content (AvgIpc) is 3.01. The lowest BCUT2D eigenvalue weighted by atomic mass is 10.4. The quantitative estimate of drug-likeness (QED) is 0.0461. The minimum atomic E-state index is -3.94. The van der Waals surface area contributed by atoms with E-state index in [-0.39, 0.29) is 59.5 Å². The van der Waals surface area contributed by atoms with E-state index in [0.717, 1.165) is 38.5 Å². The monoisotopic (exact) mass is 662 g/mol. The van der Waals surface area contributed by atoms with Crippen LogP contribution in [-0.4, -0.2) is 118 Å². The zero-order chi connectivity index (χ0) is 32.6. The molecule has 0 spiro atoms. The summed E-state index contributed by atoms with van der Waals surface area (Å²) in [5.41, 5.74) is 0. The highest BCUT2D eigenvalue weighted by Crippen LogP contribution is 2.49. The van der Waals surface area contributed by atoms with Crippen LogP contribution in [0.4, 0.5) is 0 Å². The van der Waals surface area contributed by atoms with Crippen molar-refractivity contribution in [3.05, 3.63) is 0 Å². The molecule has 0 aromatic rings. The lowest BCUT2D eigenvalue weighted by Crippen LogP contribution is -2.25. The summed E-state index contributed by atoms with van der Waals surface area (Å²) in [7, 11) is -3.94. The van der Waals surface area contributed by atoms with Gasteiger partial charge in [-0.15, -0.1) is 0 Å². The van der Waals surface area contributed by atoms with Crippen LogP contribution in [0.5, 0.6) is 0 Å². The van der Waals surface area contributed by atoms with Crippen molar-refractivity contribution >= 4 is 7.82 Å². The summed E-state index contributed by atoms with van der Waals surface area (Å²) in [6, 6.07) is 0. The molecule has 0 radical (unpaired) electrons. The van der Waals surface area contributed by atoms with E-state index in [2.05, 4.69) is 20.8 Å². The Morgan fingerprint density at radius 1 is 0.409 bits per heavy atom. The van der Waals surface area contributed by atoms with E-state index < -0.39 is 26.7 Å². The van der Waals surface area contributed by atoms with Gasteiger partial charge in [0.15, 0.2) is 18.9 Å². The van der Waals surface area contributed by atoms with Gasteiger partial charge in [-0.25, -0.2) is 4.57 Å². The maximum Gasteiger partial charge on any atom is 0.475 e. The molecule has 266 valence electrons. The molecule has 14 heteroatoms. The fourth-order valence-electron chi connectivity index (χ4n) is 3.34. The molecular weight excluding hydrogens is 599 g/mol. The second-order valence-corrected chi connectivity index (χ2v) is 11.2. The summed E-state index contributed by atoms with van der Waals surface area (Å²) >= 11 is 0. The predicted octanol–water partition coefficient (Wildman–Crippen LogP) is 5.73. The normalized spacial score (nSPS) is 15.3. The number of ether oxygens (including phenoxy) is 9. The number of hydrogen-bond acceptors (Lipinski definition) is 13. The van der Waals surface area contributed by atoms with Crippen molar-refractivity contribution in [1.29, 1.82) is 0 Å². The molecule has 0 heterocycles. The fourth-order valence-corrected chi connectivity index (χ4v) is 4.46. The van der Waals surface area contributed by atoms with Gasteiger partial charge in [0.1, 0.15) is 0 Å². The summed E-state index contributed by atoms with van der Waals surface area (Å²) in [6.45, 7) is 16.2. The lowest BCUT2D eigenvalue weighted by molar-refractivity contribution is -0.172. The largest absolute Gasteiger partial charge is 0.475 e. The van der Waals surface area contributed by atoms with E-state index in [1.165, 1.54) is 0 Å². The molecule has 0 amide bonds. The Kier molecular flexibility index (Phi) is 32.5. The third kappa shape index (κ3) is 26.9. The van der Waals surface area contributed by atoms with Crippen molar-refractivity contribution in [1.82, 2.24) is 0 Å². The Morgan fingerprint density at radius 2 is 0.705 bits per heavy atom. The van der Waals surface area contributed by atoms with Gasteiger partial charge >= 0.3 is 7.82 Å². The van der Waals surface area contributed by atoms with Crippen molar-refractivity contribution in [3.63, 3.8) is 0 Å². The highest BCUT2D eigenvalue weighted by molar-refractivity contribution is 7.48. The van der Waals surface area contributed by atoms with Gasteiger partial charge < -0.3 is 42.6 Å². The number of phosphoric acid groups is 1. The van der Waals surface area contributed by atoms with Gasteiger partial charge in [-0.1, -0.05) is 40.0 Å². The molecule has 0 N–H and O–H groups in total. The van der Waals surface area contributed by atoms with Crippen molar-refractivity contribution in [2.45, 2.75) is 98.9 Å². The zero-order valence-electron chi connectivity index (χ0n) is 28.3. The van der Waals surface area contributed by atoms with E-state index in [1.807, 2.05) is 20.8 Å². The molecule has 0 aromatic carbocycles. The molecule has 0 aliphatic heterocycles. The van der Waals surface area contributed by atoms with E-state index in [9.17, 15) is 4.57 Å². The molecule has 0 aliphatic carbocycles. The van der Waals surface area contributed by atoms with Crippen LogP contribution in [0, 0.1) is 0 Å². The van der Waals surface area contributed by atoms with Crippen molar-refractivity contribution < 1.29 is 60.8 Å². The Labute approximate surface area is 266 Å². The lowest BCUT2D eigenvalue weighted by Gasteiger charge is -2.21. The van der Waals surface area contributed by atoms with Crippen LogP contribution in [0.2, 0.25) is 0 Å². The number of rotatable bonds is 36. The summed E-state index contributed by atoms with van der Waals surface area (Å²) < 4.78 is 80.5. The molecule has 0 rings (SSSR count). The smallest absolute Gasteiger partial charge is 0.374 e. The van der Waals surface area contributed by atoms with Crippen LogP contribution >= 0.6 is 7.82 Å². The Morgan fingerprint density at radius 3 is 0.955 bits per heavy atom. The summed E-state index contributed by atoms with van der Waals surface area (Å²) in [4.78, 5) is 0. The second-order valence-electron chi connectivity index (χ2n) is 9.50. The van der Waals surface area contributed by atoms with E-state index in [4.69, 9.17) is 56.2 Å². The third-order valence-electron chi connectivity index (χ3n) is 5.66. The Balaban J connectivity index is 4.74. The molecule has 13 nitrogen and oxygen atoms in total.